The van der Waals surface area contributed by atoms with E-state index >= 15 is 0 Å². The number of hydrogen-bond donors (Lipinski definition) is 1. The molecule has 2 rings (SSSR count). The Kier molecular flexibility index (Phi) is 4.11. The van der Waals surface area contributed by atoms with Gasteiger partial charge in [-0.05, 0) is 43.9 Å². The van der Waals surface area contributed by atoms with E-state index in [1.54, 1.807) is 6.07 Å². The molecule has 4 heteroatoms. The van der Waals surface area contributed by atoms with Crippen LogP contribution in [0.5, 0.6) is 0 Å². The number of piperidine rings is 1. The molecule has 3 nitrogen and oxygen atoms in total. The van der Waals surface area contributed by atoms with Crippen molar-refractivity contribution in [2.45, 2.75) is 25.8 Å². The number of benzene rings is 1. The highest BCUT2D eigenvalue weighted by Crippen LogP contribution is 2.28. The molecule has 18 heavy (non-hydrogen) atoms. The van der Waals surface area contributed by atoms with Crippen LogP contribution in [0.4, 0.5) is 5.69 Å². The van der Waals surface area contributed by atoms with Crippen LogP contribution in [0.1, 0.15) is 25.3 Å². The van der Waals surface area contributed by atoms with Gasteiger partial charge >= 0.3 is 0 Å². The molecule has 1 aliphatic heterocycles. The first-order valence-corrected chi connectivity index (χ1v) is 6.70. The van der Waals surface area contributed by atoms with Crippen molar-refractivity contribution in [1.82, 2.24) is 0 Å². The van der Waals surface area contributed by atoms with Gasteiger partial charge in [-0.1, -0.05) is 11.6 Å². The second-order valence-corrected chi connectivity index (χ2v) is 5.39. The van der Waals surface area contributed by atoms with E-state index in [-0.39, 0.29) is 6.04 Å². The molecule has 1 saturated heterocycles. The zero-order valence-electron chi connectivity index (χ0n) is 10.6. The Morgan fingerprint density at radius 3 is 2.67 bits per heavy atom. The first-order chi connectivity index (χ1) is 8.61. The number of anilines is 1. The Balaban J connectivity index is 2.13. The van der Waals surface area contributed by atoms with Crippen molar-refractivity contribution < 1.29 is 0 Å². The van der Waals surface area contributed by atoms with Gasteiger partial charge in [-0.25, -0.2) is 0 Å². The van der Waals surface area contributed by atoms with Gasteiger partial charge in [-0.2, -0.15) is 5.26 Å². The van der Waals surface area contributed by atoms with Crippen LogP contribution in [0.15, 0.2) is 18.2 Å². The fraction of sp³-hybridized carbons (Fsp3) is 0.500. The highest BCUT2D eigenvalue weighted by atomic mass is 35.5. The van der Waals surface area contributed by atoms with E-state index in [1.807, 2.05) is 12.1 Å². The van der Waals surface area contributed by atoms with Crippen molar-refractivity contribution in [3.63, 3.8) is 0 Å². The molecule has 0 bridgehead atoms. The standard InChI is InChI=1S/C14H18ClN3/c1-10(17)11-4-6-18(7-5-11)14-3-2-13(15)8-12(14)9-16/h2-3,8,10-11H,4-7,17H2,1H3. The highest BCUT2D eigenvalue weighted by Gasteiger charge is 2.23. The summed E-state index contributed by atoms with van der Waals surface area (Å²) in [5, 5.41) is 9.77. The average molecular weight is 264 g/mol. The van der Waals surface area contributed by atoms with Crippen LogP contribution < -0.4 is 10.6 Å². The Hall–Kier alpha value is -1.24. The van der Waals surface area contributed by atoms with Gasteiger partial charge in [0.2, 0.25) is 0 Å². The zero-order valence-corrected chi connectivity index (χ0v) is 11.3. The maximum Gasteiger partial charge on any atom is 0.101 e. The SMILES string of the molecule is CC(N)C1CCN(c2ccc(Cl)cc2C#N)CC1. The maximum atomic E-state index is 9.16. The Morgan fingerprint density at radius 2 is 2.11 bits per heavy atom. The fourth-order valence-corrected chi connectivity index (χ4v) is 2.71. The number of halogens is 1. The Morgan fingerprint density at radius 1 is 1.44 bits per heavy atom. The van der Waals surface area contributed by atoms with Crippen molar-refractivity contribution in [3.05, 3.63) is 28.8 Å². The molecule has 2 N–H and O–H groups in total. The molecule has 1 fully saturated rings. The lowest BCUT2D eigenvalue weighted by molar-refractivity contribution is 0.354. The van der Waals surface area contributed by atoms with Crippen LogP contribution in [0.3, 0.4) is 0 Å². The van der Waals surface area contributed by atoms with Gasteiger partial charge in [0.25, 0.3) is 0 Å². The summed E-state index contributed by atoms with van der Waals surface area (Å²) < 4.78 is 0. The van der Waals surface area contributed by atoms with E-state index < -0.39 is 0 Å². The largest absolute Gasteiger partial charge is 0.370 e. The summed E-state index contributed by atoms with van der Waals surface area (Å²) in [5.41, 5.74) is 7.58. The Labute approximate surface area is 113 Å². The molecule has 1 unspecified atom stereocenters. The molecule has 96 valence electrons. The summed E-state index contributed by atoms with van der Waals surface area (Å²) in [5.74, 6) is 0.596. The van der Waals surface area contributed by atoms with Gasteiger partial charge in [0.15, 0.2) is 0 Å². The van der Waals surface area contributed by atoms with Crippen LogP contribution in [-0.2, 0) is 0 Å². The van der Waals surface area contributed by atoms with Crippen molar-refractivity contribution in [3.8, 4) is 6.07 Å². The van der Waals surface area contributed by atoms with Crippen molar-refractivity contribution in [1.29, 1.82) is 5.26 Å². The van der Waals surface area contributed by atoms with Crippen molar-refractivity contribution >= 4 is 17.3 Å². The molecule has 0 radical (unpaired) electrons. The molecule has 1 aromatic carbocycles. The monoisotopic (exact) mass is 263 g/mol. The van der Waals surface area contributed by atoms with Gasteiger partial charge < -0.3 is 10.6 Å². The smallest absolute Gasteiger partial charge is 0.101 e. The lowest BCUT2D eigenvalue weighted by Gasteiger charge is -2.35. The second-order valence-electron chi connectivity index (χ2n) is 4.96. The first kappa shape index (κ1) is 13.2. The number of nitrogens with two attached hydrogens (primary N) is 1. The van der Waals surface area contributed by atoms with Crippen molar-refractivity contribution in [2.75, 3.05) is 18.0 Å². The molecule has 1 aliphatic rings. The topological polar surface area (TPSA) is 53.0 Å². The van der Waals surface area contributed by atoms with E-state index in [9.17, 15) is 0 Å². The third-order valence-corrected chi connectivity index (χ3v) is 3.94. The first-order valence-electron chi connectivity index (χ1n) is 6.32. The summed E-state index contributed by atoms with van der Waals surface area (Å²) in [6.45, 7) is 3.99. The Bertz CT molecular complexity index is 457. The third kappa shape index (κ3) is 2.77. The number of rotatable bonds is 2. The minimum Gasteiger partial charge on any atom is -0.370 e. The van der Waals surface area contributed by atoms with E-state index in [2.05, 4.69) is 17.9 Å². The number of nitriles is 1. The lowest BCUT2D eigenvalue weighted by atomic mass is 9.90. The molecule has 0 spiro atoms. The van der Waals surface area contributed by atoms with E-state index in [4.69, 9.17) is 22.6 Å². The van der Waals surface area contributed by atoms with Gasteiger partial charge in [0.05, 0.1) is 11.3 Å². The van der Waals surface area contributed by atoms with Gasteiger partial charge in [-0.15, -0.1) is 0 Å². The van der Waals surface area contributed by atoms with Gasteiger partial charge in [-0.3, -0.25) is 0 Å². The molecular weight excluding hydrogens is 246 g/mol. The molecule has 0 saturated carbocycles. The number of hydrogen-bond acceptors (Lipinski definition) is 3. The minimum absolute atomic E-state index is 0.257. The molecule has 1 heterocycles. The van der Waals surface area contributed by atoms with Crippen LogP contribution >= 0.6 is 11.6 Å². The predicted molar refractivity (Wildman–Crippen MR) is 74.8 cm³/mol. The van der Waals surface area contributed by atoms with E-state index in [0.717, 1.165) is 31.6 Å². The molecule has 0 aliphatic carbocycles. The van der Waals surface area contributed by atoms with Gasteiger partial charge in [0.1, 0.15) is 6.07 Å². The molecule has 1 aromatic rings. The predicted octanol–water partition coefficient (Wildman–Crippen LogP) is 2.78. The van der Waals surface area contributed by atoms with Crippen molar-refractivity contribution in [2.24, 2.45) is 11.7 Å². The normalized spacial score (nSPS) is 18.4. The maximum absolute atomic E-state index is 9.16. The van der Waals surface area contributed by atoms with E-state index in [1.165, 1.54) is 0 Å². The molecule has 0 amide bonds. The summed E-state index contributed by atoms with van der Waals surface area (Å²) >= 11 is 5.91. The van der Waals surface area contributed by atoms with E-state index in [0.29, 0.717) is 16.5 Å². The third-order valence-electron chi connectivity index (χ3n) is 3.70. The summed E-state index contributed by atoms with van der Waals surface area (Å²) in [6, 6.07) is 7.99. The number of nitrogens with zero attached hydrogens (tertiary/aromatic N) is 2. The minimum atomic E-state index is 0.257. The van der Waals surface area contributed by atoms with Crippen LogP contribution in [-0.4, -0.2) is 19.1 Å². The molecular formula is C14H18ClN3. The quantitative estimate of drug-likeness (QED) is 0.893. The van der Waals surface area contributed by atoms with Crippen LogP contribution in [0.25, 0.3) is 0 Å². The average Bonchev–Trinajstić information content (AvgIpc) is 2.38. The molecule has 1 atom stereocenters. The van der Waals surface area contributed by atoms with Crippen LogP contribution in [0, 0.1) is 17.2 Å². The molecule has 0 aromatic heterocycles. The fourth-order valence-electron chi connectivity index (χ4n) is 2.54. The summed E-state index contributed by atoms with van der Waals surface area (Å²) in [4.78, 5) is 2.26. The summed E-state index contributed by atoms with van der Waals surface area (Å²) in [7, 11) is 0. The van der Waals surface area contributed by atoms with Gasteiger partial charge in [0, 0.05) is 24.2 Å². The second kappa shape index (κ2) is 5.60. The highest BCUT2D eigenvalue weighted by molar-refractivity contribution is 6.30. The summed E-state index contributed by atoms with van der Waals surface area (Å²) in [6.07, 6.45) is 2.18. The zero-order chi connectivity index (χ0) is 13.1. The lowest BCUT2D eigenvalue weighted by Crippen LogP contribution is -2.40. The van der Waals surface area contributed by atoms with Crippen LogP contribution in [0.2, 0.25) is 5.02 Å².